The maximum absolute atomic E-state index is 10.4. The minimum absolute atomic E-state index is 0.331. The zero-order chi connectivity index (χ0) is 14.2. The average Bonchev–Trinajstić information content (AvgIpc) is 2.58. The summed E-state index contributed by atoms with van der Waals surface area (Å²) in [5.41, 5.74) is 1.58. The van der Waals surface area contributed by atoms with Gasteiger partial charge in [0.25, 0.3) is 0 Å². The molecule has 2 atom stereocenters. The zero-order valence-electron chi connectivity index (χ0n) is 12.3. The molecule has 4 nitrogen and oxygen atoms in total. The smallest absolute Gasteiger partial charge is 0.131 e. The molecule has 0 unspecified atom stereocenters. The molecule has 19 heavy (non-hydrogen) atoms. The number of likely N-dealkylation sites (tertiary alicyclic amines) is 1. The summed E-state index contributed by atoms with van der Waals surface area (Å²) in [5, 5.41) is 15.4. The first kappa shape index (κ1) is 14.8. The van der Waals surface area contributed by atoms with Gasteiger partial charge in [-0.3, -0.25) is 9.58 Å². The van der Waals surface area contributed by atoms with Crippen LogP contribution in [0.2, 0.25) is 5.15 Å². The molecule has 2 rings (SSSR count). The average molecular weight is 286 g/mol. The molecule has 1 aromatic heterocycles. The van der Waals surface area contributed by atoms with E-state index in [1.54, 1.807) is 4.68 Å². The topological polar surface area (TPSA) is 41.3 Å². The highest BCUT2D eigenvalue weighted by Gasteiger charge is 2.36. The second-order valence-corrected chi connectivity index (χ2v) is 6.28. The van der Waals surface area contributed by atoms with E-state index in [1.807, 2.05) is 20.9 Å². The Morgan fingerprint density at radius 1 is 1.53 bits per heavy atom. The first-order valence-corrected chi connectivity index (χ1v) is 7.35. The van der Waals surface area contributed by atoms with Crippen molar-refractivity contribution in [1.82, 2.24) is 14.7 Å². The number of aromatic nitrogens is 2. The van der Waals surface area contributed by atoms with Gasteiger partial charge >= 0.3 is 0 Å². The second kappa shape index (κ2) is 5.43. The van der Waals surface area contributed by atoms with Gasteiger partial charge in [0.1, 0.15) is 5.15 Å². The lowest BCUT2D eigenvalue weighted by Gasteiger charge is -2.42. The van der Waals surface area contributed by atoms with Gasteiger partial charge < -0.3 is 5.11 Å². The van der Waals surface area contributed by atoms with E-state index in [2.05, 4.69) is 16.9 Å². The second-order valence-electron chi connectivity index (χ2n) is 5.93. The van der Waals surface area contributed by atoms with Crippen LogP contribution in [0, 0.1) is 12.8 Å². The van der Waals surface area contributed by atoms with Crippen molar-refractivity contribution >= 4 is 11.6 Å². The van der Waals surface area contributed by atoms with Crippen LogP contribution in [0.15, 0.2) is 0 Å². The summed E-state index contributed by atoms with van der Waals surface area (Å²) in [5.74, 6) is 0.331. The number of nitrogens with zero attached hydrogens (tertiary/aromatic N) is 3. The molecule has 0 bridgehead atoms. The first-order chi connectivity index (χ1) is 8.85. The van der Waals surface area contributed by atoms with Crippen molar-refractivity contribution in [1.29, 1.82) is 0 Å². The molecule has 0 amide bonds. The summed E-state index contributed by atoms with van der Waals surface area (Å²) in [6, 6.07) is 0. The lowest BCUT2D eigenvalue weighted by molar-refractivity contribution is -0.0608. The molecule has 1 aliphatic rings. The van der Waals surface area contributed by atoms with Crippen LogP contribution in [0.4, 0.5) is 0 Å². The predicted octanol–water partition coefficient (Wildman–Crippen LogP) is 2.36. The fourth-order valence-electron chi connectivity index (χ4n) is 2.98. The van der Waals surface area contributed by atoms with Gasteiger partial charge in [-0.1, -0.05) is 18.5 Å². The number of rotatable bonds is 3. The van der Waals surface area contributed by atoms with Crippen LogP contribution >= 0.6 is 11.6 Å². The van der Waals surface area contributed by atoms with Gasteiger partial charge in [0, 0.05) is 32.2 Å². The molecule has 5 heteroatoms. The molecular formula is C14H24ClN3O. The molecular weight excluding hydrogens is 262 g/mol. The highest BCUT2D eigenvalue weighted by Crippen LogP contribution is 2.31. The normalized spacial score (nSPS) is 28.8. The lowest BCUT2D eigenvalue weighted by atomic mass is 9.81. The Labute approximate surface area is 120 Å². The van der Waals surface area contributed by atoms with E-state index in [9.17, 15) is 5.11 Å². The Kier molecular flexibility index (Phi) is 4.23. The van der Waals surface area contributed by atoms with Crippen LogP contribution in [0.25, 0.3) is 0 Å². The van der Waals surface area contributed by atoms with Gasteiger partial charge in [-0.05, 0) is 32.6 Å². The summed E-state index contributed by atoms with van der Waals surface area (Å²) in [6.45, 7) is 8.76. The van der Waals surface area contributed by atoms with Crippen molar-refractivity contribution in [3.63, 3.8) is 0 Å². The van der Waals surface area contributed by atoms with E-state index in [0.717, 1.165) is 48.9 Å². The highest BCUT2D eigenvalue weighted by molar-refractivity contribution is 6.30. The van der Waals surface area contributed by atoms with Crippen molar-refractivity contribution in [2.75, 3.05) is 13.1 Å². The summed E-state index contributed by atoms with van der Waals surface area (Å²) in [6.07, 6.45) is 1.83. The standard InChI is InChI=1S/C14H24ClN3O/c1-5-11-8-18(7-6-14(11,3)19)9-12-10(2)16-17(4)13(12)15/h11,19H,5-9H2,1-4H3/t11-,14+/m1/s1. The summed E-state index contributed by atoms with van der Waals surface area (Å²) >= 11 is 6.28. The van der Waals surface area contributed by atoms with E-state index < -0.39 is 5.60 Å². The van der Waals surface area contributed by atoms with Gasteiger partial charge in [-0.25, -0.2) is 0 Å². The van der Waals surface area contributed by atoms with E-state index in [-0.39, 0.29) is 0 Å². The van der Waals surface area contributed by atoms with E-state index in [4.69, 9.17) is 11.6 Å². The summed E-state index contributed by atoms with van der Waals surface area (Å²) in [4.78, 5) is 2.38. The van der Waals surface area contributed by atoms with Crippen molar-refractivity contribution < 1.29 is 5.11 Å². The number of hydrogen-bond donors (Lipinski definition) is 1. The minimum Gasteiger partial charge on any atom is -0.390 e. The molecule has 1 fully saturated rings. The van der Waals surface area contributed by atoms with Gasteiger partial charge in [0.15, 0.2) is 0 Å². The van der Waals surface area contributed by atoms with E-state index in [0.29, 0.717) is 5.92 Å². The van der Waals surface area contributed by atoms with Crippen LogP contribution < -0.4 is 0 Å². The molecule has 2 heterocycles. The lowest BCUT2D eigenvalue weighted by Crippen LogP contribution is -2.49. The molecule has 108 valence electrons. The molecule has 0 radical (unpaired) electrons. The molecule has 1 N–H and O–H groups in total. The Morgan fingerprint density at radius 3 is 2.74 bits per heavy atom. The molecule has 1 aromatic rings. The Bertz CT molecular complexity index is 456. The summed E-state index contributed by atoms with van der Waals surface area (Å²) in [7, 11) is 1.87. The SMILES string of the molecule is CC[C@@H]1CN(Cc2c(C)nn(C)c2Cl)CC[C@]1(C)O. The first-order valence-electron chi connectivity index (χ1n) is 6.98. The molecule has 1 saturated heterocycles. The Balaban J connectivity index is 2.09. The third-order valence-corrected chi connectivity index (χ3v) is 4.91. The Morgan fingerprint density at radius 2 is 2.21 bits per heavy atom. The third kappa shape index (κ3) is 2.96. The maximum atomic E-state index is 10.4. The van der Waals surface area contributed by atoms with Crippen molar-refractivity contribution in [3.8, 4) is 0 Å². The van der Waals surface area contributed by atoms with Gasteiger partial charge in [-0.2, -0.15) is 5.10 Å². The van der Waals surface area contributed by atoms with Crippen molar-refractivity contribution in [2.24, 2.45) is 13.0 Å². The number of aliphatic hydroxyl groups is 1. The summed E-state index contributed by atoms with van der Waals surface area (Å²) < 4.78 is 1.73. The van der Waals surface area contributed by atoms with Gasteiger partial charge in [-0.15, -0.1) is 0 Å². The number of piperidine rings is 1. The van der Waals surface area contributed by atoms with E-state index in [1.165, 1.54) is 0 Å². The van der Waals surface area contributed by atoms with Gasteiger partial charge in [0.2, 0.25) is 0 Å². The monoisotopic (exact) mass is 285 g/mol. The van der Waals surface area contributed by atoms with Crippen LogP contribution in [-0.4, -0.2) is 38.5 Å². The van der Waals surface area contributed by atoms with Crippen LogP contribution in [0.5, 0.6) is 0 Å². The zero-order valence-corrected chi connectivity index (χ0v) is 13.0. The highest BCUT2D eigenvalue weighted by atomic mass is 35.5. The fraction of sp³-hybridized carbons (Fsp3) is 0.786. The van der Waals surface area contributed by atoms with Crippen molar-refractivity contribution in [3.05, 3.63) is 16.4 Å². The number of aryl methyl sites for hydroxylation is 2. The molecule has 0 spiro atoms. The molecule has 0 aromatic carbocycles. The van der Waals surface area contributed by atoms with Crippen LogP contribution in [-0.2, 0) is 13.6 Å². The number of hydrogen-bond acceptors (Lipinski definition) is 3. The van der Waals surface area contributed by atoms with Crippen molar-refractivity contribution in [2.45, 2.75) is 45.8 Å². The van der Waals surface area contributed by atoms with Crippen LogP contribution in [0.1, 0.15) is 37.9 Å². The quantitative estimate of drug-likeness (QED) is 0.927. The minimum atomic E-state index is -0.529. The van der Waals surface area contributed by atoms with Crippen LogP contribution in [0.3, 0.4) is 0 Å². The Hall–Kier alpha value is -0.580. The fourth-order valence-corrected chi connectivity index (χ4v) is 3.21. The van der Waals surface area contributed by atoms with Gasteiger partial charge in [0.05, 0.1) is 11.3 Å². The number of halogens is 1. The maximum Gasteiger partial charge on any atom is 0.131 e. The predicted molar refractivity (Wildman–Crippen MR) is 77.3 cm³/mol. The largest absolute Gasteiger partial charge is 0.390 e. The molecule has 0 saturated carbocycles. The molecule has 0 aliphatic carbocycles. The molecule has 1 aliphatic heterocycles. The van der Waals surface area contributed by atoms with E-state index >= 15 is 0 Å². The third-order valence-electron chi connectivity index (χ3n) is 4.44.